The fourth-order valence-electron chi connectivity index (χ4n) is 1.93. The molecule has 0 aromatic carbocycles. The number of amides is 1. The smallest absolute Gasteiger partial charge is 0.248 e. The summed E-state index contributed by atoms with van der Waals surface area (Å²) in [5, 5.41) is 0. The maximum atomic E-state index is 11.7. The monoisotopic (exact) mass is 248 g/mol. The van der Waals surface area contributed by atoms with Crippen LogP contribution < -0.4 is 5.73 Å². The highest BCUT2D eigenvalue weighted by atomic mass is 35.5. The molecular weight excluding hydrogens is 228 g/mol. The van der Waals surface area contributed by atoms with Crippen molar-refractivity contribution in [1.82, 2.24) is 4.90 Å². The zero-order valence-corrected chi connectivity index (χ0v) is 10.4. The molecule has 1 heterocycles. The van der Waals surface area contributed by atoms with Crippen LogP contribution in [0.15, 0.2) is 0 Å². The number of carbonyl (C=O) groups excluding carboxylic acids is 1. The van der Waals surface area contributed by atoms with E-state index in [1.165, 1.54) is 12.8 Å². The molecule has 1 saturated heterocycles. The Morgan fingerprint density at radius 2 is 2.12 bits per heavy atom. The minimum absolute atomic E-state index is 0. The minimum atomic E-state index is 0. The van der Waals surface area contributed by atoms with E-state index in [9.17, 15) is 4.79 Å². The van der Waals surface area contributed by atoms with Crippen LogP contribution in [0.1, 0.15) is 25.7 Å². The molecule has 4 nitrogen and oxygen atoms in total. The zero-order chi connectivity index (χ0) is 10.7. The summed E-state index contributed by atoms with van der Waals surface area (Å²) < 4.78 is 5.38. The van der Waals surface area contributed by atoms with Crippen LogP contribution in [0, 0.1) is 5.92 Å². The largest absolute Gasteiger partial charge is 0.371 e. The average Bonchev–Trinajstić information content (AvgIpc) is 3.01. The molecule has 0 radical (unpaired) electrons. The maximum absolute atomic E-state index is 11.7. The predicted molar refractivity (Wildman–Crippen MR) is 64.6 cm³/mol. The summed E-state index contributed by atoms with van der Waals surface area (Å²) in [6.45, 7) is 2.54. The summed E-state index contributed by atoms with van der Waals surface area (Å²) in [5.74, 6) is 0.826. The van der Waals surface area contributed by atoms with Gasteiger partial charge in [-0.1, -0.05) is 0 Å². The lowest BCUT2D eigenvalue weighted by molar-refractivity contribution is -0.137. The Kier molecular flexibility index (Phi) is 5.52. The molecular formula is C11H21ClN2O2. The molecule has 1 aliphatic carbocycles. The summed E-state index contributed by atoms with van der Waals surface area (Å²) >= 11 is 0. The van der Waals surface area contributed by atoms with Crippen LogP contribution in [0.3, 0.4) is 0 Å². The van der Waals surface area contributed by atoms with Crippen LogP contribution >= 0.6 is 12.4 Å². The van der Waals surface area contributed by atoms with Gasteiger partial charge >= 0.3 is 0 Å². The van der Waals surface area contributed by atoms with E-state index in [1.54, 1.807) is 0 Å². The first kappa shape index (κ1) is 13.7. The first-order chi connectivity index (χ1) is 7.25. The number of rotatable bonds is 4. The van der Waals surface area contributed by atoms with E-state index >= 15 is 0 Å². The maximum Gasteiger partial charge on any atom is 0.248 e. The summed E-state index contributed by atoms with van der Waals surface area (Å²) in [4.78, 5) is 13.5. The van der Waals surface area contributed by atoms with Crippen molar-refractivity contribution in [3.8, 4) is 0 Å². The molecule has 1 amide bonds. The summed E-state index contributed by atoms with van der Waals surface area (Å²) in [7, 11) is 0. The van der Waals surface area contributed by atoms with Crippen molar-refractivity contribution >= 4 is 18.3 Å². The lowest BCUT2D eigenvalue weighted by Crippen LogP contribution is -2.47. The van der Waals surface area contributed by atoms with E-state index in [0.29, 0.717) is 6.54 Å². The number of likely N-dealkylation sites (tertiary alicyclic amines) is 1. The Hall–Kier alpha value is -0.320. The fraction of sp³-hybridized carbons (Fsp3) is 0.909. The molecule has 1 saturated carbocycles. The van der Waals surface area contributed by atoms with E-state index in [0.717, 1.165) is 31.9 Å². The van der Waals surface area contributed by atoms with Crippen LogP contribution in [-0.4, -0.2) is 43.2 Å². The molecule has 94 valence electrons. The van der Waals surface area contributed by atoms with Crippen LogP contribution in [-0.2, 0) is 9.53 Å². The number of hydrogen-bond acceptors (Lipinski definition) is 3. The van der Waals surface area contributed by atoms with Gasteiger partial charge in [0.05, 0.1) is 6.61 Å². The number of nitrogens with zero attached hydrogens (tertiary/aromatic N) is 1. The number of carbonyl (C=O) groups is 1. The highest BCUT2D eigenvalue weighted by Gasteiger charge is 2.24. The Balaban J connectivity index is 0.00000128. The first-order valence-electron chi connectivity index (χ1n) is 5.87. The molecule has 0 aromatic rings. The van der Waals surface area contributed by atoms with E-state index in [4.69, 9.17) is 10.5 Å². The van der Waals surface area contributed by atoms with Gasteiger partial charge in [-0.2, -0.15) is 0 Å². The van der Waals surface area contributed by atoms with Crippen molar-refractivity contribution in [3.63, 3.8) is 0 Å². The van der Waals surface area contributed by atoms with Gasteiger partial charge in [0.2, 0.25) is 5.91 Å². The zero-order valence-electron chi connectivity index (χ0n) is 9.56. The standard InChI is InChI=1S/C11H20N2O2.ClH/c12-10-2-1-5-13(6-10)11(14)8-15-7-9-3-4-9;/h9-10H,1-8,12H2;1H/t10-;/m1./s1. The van der Waals surface area contributed by atoms with Gasteiger partial charge in [0.15, 0.2) is 0 Å². The van der Waals surface area contributed by atoms with Crippen LogP contribution in [0.2, 0.25) is 0 Å². The van der Waals surface area contributed by atoms with Crippen LogP contribution in [0.25, 0.3) is 0 Å². The summed E-state index contributed by atoms with van der Waals surface area (Å²) in [5.41, 5.74) is 5.82. The van der Waals surface area contributed by atoms with Gasteiger partial charge in [-0.3, -0.25) is 4.79 Å². The SMILES string of the molecule is Cl.N[C@@H]1CCCN(C(=O)COCC2CC2)C1. The number of piperidine rings is 1. The number of nitrogens with two attached hydrogens (primary N) is 1. The van der Waals surface area contributed by atoms with Crippen molar-refractivity contribution in [2.75, 3.05) is 26.3 Å². The van der Waals surface area contributed by atoms with Gasteiger partial charge in [-0.25, -0.2) is 0 Å². The van der Waals surface area contributed by atoms with E-state index in [-0.39, 0.29) is 31.0 Å². The van der Waals surface area contributed by atoms with Crippen molar-refractivity contribution in [3.05, 3.63) is 0 Å². The molecule has 1 atom stereocenters. The molecule has 0 unspecified atom stereocenters. The predicted octanol–water partition coefficient (Wildman–Crippen LogP) is 0.784. The quantitative estimate of drug-likeness (QED) is 0.800. The minimum Gasteiger partial charge on any atom is -0.371 e. The number of hydrogen-bond donors (Lipinski definition) is 1. The highest BCUT2D eigenvalue weighted by Crippen LogP contribution is 2.28. The first-order valence-corrected chi connectivity index (χ1v) is 5.87. The second-order valence-corrected chi connectivity index (χ2v) is 4.70. The number of ether oxygens (including phenoxy) is 1. The third-order valence-corrected chi connectivity index (χ3v) is 3.09. The van der Waals surface area contributed by atoms with Crippen LogP contribution in [0.5, 0.6) is 0 Å². The second-order valence-electron chi connectivity index (χ2n) is 4.70. The normalized spacial score (nSPS) is 25.1. The molecule has 16 heavy (non-hydrogen) atoms. The third kappa shape index (κ3) is 4.28. The molecule has 1 aliphatic heterocycles. The molecule has 2 fully saturated rings. The summed E-state index contributed by atoms with van der Waals surface area (Å²) in [6.07, 6.45) is 4.59. The van der Waals surface area contributed by atoms with E-state index in [1.807, 2.05) is 4.90 Å². The lowest BCUT2D eigenvalue weighted by Gasteiger charge is -2.30. The van der Waals surface area contributed by atoms with Crippen LogP contribution in [0.4, 0.5) is 0 Å². The molecule has 2 N–H and O–H groups in total. The Labute approximate surface area is 103 Å². The van der Waals surface area contributed by atoms with Crippen molar-refractivity contribution in [1.29, 1.82) is 0 Å². The Morgan fingerprint density at radius 3 is 2.75 bits per heavy atom. The molecule has 5 heteroatoms. The topological polar surface area (TPSA) is 55.6 Å². The van der Waals surface area contributed by atoms with E-state index < -0.39 is 0 Å². The van der Waals surface area contributed by atoms with Crippen molar-refractivity contribution in [2.24, 2.45) is 11.7 Å². The van der Waals surface area contributed by atoms with Crippen molar-refractivity contribution < 1.29 is 9.53 Å². The second kappa shape index (κ2) is 6.42. The third-order valence-electron chi connectivity index (χ3n) is 3.09. The fourth-order valence-corrected chi connectivity index (χ4v) is 1.93. The van der Waals surface area contributed by atoms with Gasteiger partial charge < -0.3 is 15.4 Å². The Morgan fingerprint density at radius 1 is 1.38 bits per heavy atom. The summed E-state index contributed by atoms with van der Waals surface area (Å²) in [6, 6.07) is 0.158. The van der Waals surface area contributed by atoms with Gasteiger partial charge in [-0.05, 0) is 31.6 Å². The van der Waals surface area contributed by atoms with Gasteiger partial charge in [0, 0.05) is 19.1 Å². The lowest BCUT2D eigenvalue weighted by atomic mass is 10.1. The average molecular weight is 249 g/mol. The molecule has 2 rings (SSSR count). The van der Waals surface area contributed by atoms with E-state index in [2.05, 4.69) is 0 Å². The number of halogens is 1. The molecule has 2 aliphatic rings. The van der Waals surface area contributed by atoms with Gasteiger partial charge in [0.1, 0.15) is 6.61 Å². The van der Waals surface area contributed by atoms with Crippen molar-refractivity contribution in [2.45, 2.75) is 31.7 Å². The molecule has 0 aromatic heterocycles. The molecule has 0 spiro atoms. The highest BCUT2D eigenvalue weighted by molar-refractivity contribution is 5.85. The van der Waals surface area contributed by atoms with Gasteiger partial charge in [-0.15, -0.1) is 12.4 Å². The molecule has 0 bridgehead atoms. The van der Waals surface area contributed by atoms with Gasteiger partial charge in [0.25, 0.3) is 0 Å². The Bertz CT molecular complexity index is 234.